The van der Waals surface area contributed by atoms with Gasteiger partial charge >= 0.3 is 6.18 Å². The molecule has 0 amide bonds. The number of aryl methyl sites for hydroxylation is 1. The lowest BCUT2D eigenvalue weighted by atomic mass is 9.80. The Kier molecular flexibility index (Phi) is 2.35. The molecule has 0 fully saturated rings. The van der Waals surface area contributed by atoms with Crippen molar-refractivity contribution in [2.75, 3.05) is 0 Å². The van der Waals surface area contributed by atoms with Gasteiger partial charge in [-0.15, -0.1) is 0 Å². The van der Waals surface area contributed by atoms with Gasteiger partial charge in [0, 0.05) is 12.1 Å². The first kappa shape index (κ1) is 11.5. The van der Waals surface area contributed by atoms with E-state index < -0.39 is 11.6 Å². The van der Waals surface area contributed by atoms with E-state index in [4.69, 9.17) is 11.6 Å². The van der Waals surface area contributed by atoms with Crippen molar-refractivity contribution in [3.05, 3.63) is 23.3 Å². The maximum absolute atomic E-state index is 12.9. The predicted octanol–water partition coefficient (Wildman–Crippen LogP) is 3.42. The van der Waals surface area contributed by atoms with Crippen LogP contribution in [-0.4, -0.2) is 16.1 Å². The minimum atomic E-state index is -4.32. The van der Waals surface area contributed by atoms with Crippen molar-refractivity contribution in [3.8, 4) is 0 Å². The van der Waals surface area contributed by atoms with Crippen molar-refractivity contribution in [3.63, 3.8) is 0 Å². The highest BCUT2D eigenvalue weighted by molar-refractivity contribution is 6.48. The van der Waals surface area contributed by atoms with Crippen molar-refractivity contribution < 1.29 is 13.2 Å². The fourth-order valence-corrected chi connectivity index (χ4v) is 2.21. The number of H-pyrrole nitrogens is 1. The standard InChI is InChI=1S/C10H10ClF3N2/c1-5-15-7-4-9(2,10(12,13)14)3-6(11)8(7)16-5/h3H,4H2,1-2H3,(H,15,16). The molecule has 1 N–H and O–H groups in total. The van der Waals surface area contributed by atoms with Crippen LogP contribution in [0.5, 0.6) is 0 Å². The average molecular weight is 251 g/mol. The number of imidazole rings is 1. The number of fused-ring (bicyclic) bond motifs is 1. The van der Waals surface area contributed by atoms with Crippen molar-refractivity contribution in [2.45, 2.75) is 26.4 Å². The summed E-state index contributed by atoms with van der Waals surface area (Å²) in [6.07, 6.45) is -3.43. The lowest BCUT2D eigenvalue weighted by molar-refractivity contribution is -0.199. The Morgan fingerprint density at radius 2 is 2.12 bits per heavy atom. The fourth-order valence-electron chi connectivity index (χ4n) is 1.81. The Labute approximate surface area is 95.5 Å². The molecule has 1 aromatic heterocycles. The maximum atomic E-state index is 12.9. The molecule has 1 aliphatic carbocycles. The van der Waals surface area contributed by atoms with Gasteiger partial charge in [0.05, 0.1) is 10.4 Å². The second-order valence-electron chi connectivity index (χ2n) is 4.23. The minimum absolute atomic E-state index is 0.0606. The molecule has 16 heavy (non-hydrogen) atoms. The lowest BCUT2D eigenvalue weighted by Crippen LogP contribution is -2.37. The molecule has 0 aliphatic heterocycles. The third-order valence-corrected chi connectivity index (χ3v) is 3.05. The summed E-state index contributed by atoms with van der Waals surface area (Å²) in [6.45, 7) is 2.82. The van der Waals surface area contributed by atoms with Crippen LogP contribution < -0.4 is 0 Å². The molecule has 88 valence electrons. The molecule has 1 unspecified atom stereocenters. The summed E-state index contributed by atoms with van der Waals surface area (Å²) in [5.41, 5.74) is -1.04. The van der Waals surface area contributed by atoms with Crippen LogP contribution in [-0.2, 0) is 6.42 Å². The fraction of sp³-hybridized carbons (Fsp3) is 0.500. The zero-order valence-electron chi connectivity index (χ0n) is 8.74. The van der Waals surface area contributed by atoms with Crippen LogP contribution >= 0.6 is 11.6 Å². The van der Waals surface area contributed by atoms with E-state index in [1.807, 2.05) is 0 Å². The van der Waals surface area contributed by atoms with E-state index in [9.17, 15) is 13.2 Å². The molecule has 1 atom stereocenters. The highest BCUT2D eigenvalue weighted by Gasteiger charge is 2.52. The van der Waals surface area contributed by atoms with Crippen LogP contribution in [0.3, 0.4) is 0 Å². The monoisotopic (exact) mass is 250 g/mol. The topological polar surface area (TPSA) is 28.7 Å². The highest BCUT2D eigenvalue weighted by Crippen LogP contribution is 2.47. The Morgan fingerprint density at radius 3 is 2.69 bits per heavy atom. The van der Waals surface area contributed by atoms with Gasteiger partial charge in [0.1, 0.15) is 11.5 Å². The van der Waals surface area contributed by atoms with Gasteiger partial charge in [0.25, 0.3) is 0 Å². The molecule has 1 aliphatic rings. The van der Waals surface area contributed by atoms with Gasteiger partial charge in [0.2, 0.25) is 0 Å². The summed E-state index contributed by atoms with van der Waals surface area (Å²) in [4.78, 5) is 6.87. The number of nitrogens with one attached hydrogen (secondary N) is 1. The third-order valence-electron chi connectivity index (χ3n) is 2.76. The molecule has 0 bridgehead atoms. The number of allylic oxidation sites excluding steroid dienone is 1. The van der Waals surface area contributed by atoms with E-state index in [2.05, 4.69) is 9.97 Å². The number of alkyl halides is 3. The zero-order chi connectivity index (χ0) is 12.1. The molecule has 6 heteroatoms. The first-order valence-electron chi connectivity index (χ1n) is 4.74. The quantitative estimate of drug-likeness (QED) is 0.751. The van der Waals surface area contributed by atoms with E-state index in [1.54, 1.807) is 6.92 Å². The number of hydrogen-bond donors (Lipinski definition) is 1. The third kappa shape index (κ3) is 1.63. The maximum Gasteiger partial charge on any atom is 0.398 e. The van der Waals surface area contributed by atoms with Gasteiger partial charge in [-0.1, -0.05) is 11.6 Å². The summed E-state index contributed by atoms with van der Waals surface area (Å²) in [5.74, 6) is 0.572. The summed E-state index contributed by atoms with van der Waals surface area (Å²) >= 11 is 5.83. The number of aromatic nitrogens is 2. The van der Waals surface area contributed by atoms with E-state index in [1.165, 1.54) is 0 Å². The van der Waals surface area contributed by atoms with Crippen LogP contribution in [0.15, 0.2) is 6.08 Å². The molecule has 0 saturated carbocycles. The first-order chi connectivity index (χ1) is 7.23. The minimum Gasteiger partial charge on any atom is -0.346 e. The van der Waals surface area contributed by atoms with Gasteiger partial charge in [-0.25, -0.2) is 4.98 Å². The summed E-state index contributed by atoms with van der Waals surface area (Å²) in [7, 11) is 0. The summed E-state index contributed by atoms with van der Waals surface area (Å²) in [5, 5.41) is 0.0606. The molecular formula is C10H10ClF3N2. The molecule has 2 nitrogen and oxygen atoms in total. The van der Waals surface area contributed by atoms with Crippen LogP contribution in [0.4, 0.5) is 13.2 Å². The second kappa shape index (κ2) is 3.26. The Bertz CT molecular complexity index is 461. The largest absolute Gasteiger partial charge is 0.398 e. The first-order valence-corrected chi connectivity index (χ1v) is 5.12. The number of nitrogens with zero attached hydrogens (tertiary/aromatic N) is 1. The molecule has 0 spiro atoms. The average Bonchev–Trinajstić information content (AvgIpc) is 2.43. The van der Waals surface area contributed by atoms with Crippen molar-refractivity contribution >= 4 is 16.6 Å². The van der Waals surface area contributed by atoms with Gasteiger partial charge < -0.3 is 4.98 Å². The molecule has 2 rings (SSSR count). The number of rotatable bonds is 0. The molecule has 0 aromatic carbocycles. The predicted molar refractivity (Wildman–Crippen MR) is 55.0 cm³/mol. The summed E-state index contributed by atoms with van der Waals surface area (Å²) < 4.78 is 38.6. The molecular weight excluding hydrogens is 241 g/mol. The molecule has 0 radical (unpaired) electrons. The van der Waals surface area contributed by atoms with Gasteiger partial charge in [-0.05, 0) is 19.9 Å². The Hall–Kier alpha value is -0.970. The zero-order valence-corrected chi connectivity index (χ0v) is 9.50. The second-order valence-corrected chi connectivity index (χ2v) is 4.64. The number of halogens is 4. The van der Waals surface area contributed by atoms with E-state index in [-0.39, 0.29) is 11.5 Å². The van der Waals surface area contributed by atoms with Gasteiger partial charge in [-0.3, -0.25) is 0 Å². The van der Waals surface area contributed by atoms with Crippen molar-refractivity contribution in [1.82, 2.24) is 9.97 Å². The molecule has 1 aromatic rings. The van der Waals surface area contributed by atoms with Crippen LogP contribution in [0, 0.1) is 12.3 Å². The molecule has 1 heterocycles. The lowest BCUT2D eigenvalue weighted by Gasteiger charge is -2.31. The van der Waals surface area contributed by atoms with E-state index in [0.29, 0.717) is 17.2 Å². The van der Waals surface area contributed by atoms with Crippen molar-refractivity contribution in [2.24, 2.45) is 5.41 Å². The van der Waals surface area contributed by atoms with Gasteiger partial charge in [-0.2, -0.15) is 13.2 Å². The number of aromatic amines is 1. The van der Waals surface area contributed by atoms with Gasteiger partial charge in [0.15, 0.2) is 0 Å². The highest BCUT2D eigenvalue weighted by atomic mass is 35.5. The Morgan fingerprint density at radius 1 is 1.50 bits per heavy atom. The molecule has 0 saturated heterocycles. The van der Waals surface area contributed by atoms with E-state index in [0.717, 1.165) is 13.0 Å². The Balaban J connectivity index is 2.51. The summed E-state index contributed by atoms with van der Waals surface area (Å²) in [6, 6.07) is 0. The van der Waals surface area contributed by atoms with Crippen LogP contribution in [0.2, 0.25) is 0 Å². The van der Waals surface area contributed by atoms with Crippen molar-refractivity contribution in [1.29, 1.82) is 0 Å². The van der Waals surface area contributed by atoms with E-state index >= 15 is 0 Å². The van der Waals surface area contributed by atoms with Crippen LogP contribution in [0.1, 0.15) is 24.1 Å². The smallest absolute Gasteiger partial charge is 0.346 e. The SMILES string of the molecule is Cc1nc2c([nH]1)CC(C)(C(F)(F)F)C=C2Cl. The normalized spacial score (nSPS) is 25.2. The van der Waals surface area contributed by atoms with Crippen LogP contribution in [0.25, 0.3) is 5.03 Å². The number of hydrogen-bond acceptors (Lipinski definition) is 1.